The number of aliphatic hydroxyl groups excluding tert-OH is 1. The van der Waals surface area contributed by atoms with Crippen molar-refractivity contribution >= 4 is 5.82 Å². The Balaban J connectivity index is 2.85. The van der Waals surface area contributed by atoms with Crippen LogP contribution in [0.2, 0.25) is 0 Å². The van der Waals surface area contributed by atoms with E-state index in [0.29, 0.717) is 6.54 Å². The first-order valence-electron chi connectivity index (χ1n) is 5.34. The number of anilines is 1. The smallest absolute Gasteiger partial charge is 0.128 e. The summed E-state index contributed by atoms with van der Waals surface area (Å²) in [7, 11) is 1.89. The van der Waals surface area contributed by atoms with E-state index in [1.54, 1.807) is 13.8 Å². The van der Waals surface area contributed by atoms with Gasteiger partial charge in [-0.3, -0.25) is 0 Å². The molecule has 0 aliphatic carbocycles. The molecule has 0 saturated carbocycles. The molecule has 0 atom stereocenters. The Kier molecular flexibility index (Phi) is 3.88. The number of aliphatic hydroxyl groups is 2. The summed E-state index contributed by atoms with van der Waals surface area (Å²) in [4.78, 5) is 6.28. The Bertz CT molecular complexity index is 359. The lowest BCUT2D eigenvalue weighted by molar-refractivity contribution is 0.0884. The first-order valence-corrected chi connectivity index (χ1v) is 5.34. The first-order chi connectivity index (χ1) is 7.33. The SMILES string of the molecule is Cc1nc(N(C)CC(C)(C)O)ccc1CO. The van der Waals surface area contributed by atoms with Crippen LogP contribution in [0.15, 0.2) is 12.1 Å². The van der Waals surface area contributed by atoms with Gasteiger partial charge in [0.15, 0.2) is 0 Å². The highest BCUT2D eigenvalue weighted by atomic mass is 16.3. The maximum atomic E-state index is 9.71. The van der Waals surface area contributed by atoms with Crippen molar-refractivity contribution in [2.75, 3.05) is 18.5 Å². The van der Waals surface area contributed by atoms with Gasteiger partial charge in [-0.05, 0) is 32.4 Å². The van der Waals surface area contributed by atoms with Crippen molar-refractivity contribution in [1.82, 2.24) is 4.98 Å². The van der Waals surface area contributed by atoms with Gasteiger partial charge >= 0.3 is 0 Å². The van der Waals surface area contributed by atoms with Crippen molar-refractivity contribution in [2.24, 2.45) is 0 Å². The van der Waals surface area contributed by atoms with Crippen LogP contribution < -0.4 is 4.90 Å². The highest BCUT2D eigenvalue weighted by Gasteiger charge is 2.16. The van der Waals surface area contributed by atoms with Gasteiger partial charge in [0.05, 0.1) is 12.2 Å². The summed E-state index contributed by atoms with van der Waals surface area (Å²) in [6.45, 7) is 5.91. The predicted octanol–water partition coefficient (Wildman–Crippen LogP) is 1.09. The third-order valence-electron chi connectivity index (χ3n) is 2.37. The van der Waals surface area contributed by atoms with Crippen LogP contribution in [0.1, 0.15) is 25.1 Å². The first kappa shape index (κ1) is 12.9. The van der Waals surface area contributed by atoms with Gasteiger partial charge in [-0.25, -0.2) is 4.98 Å². The summed E-state index contributed by atoms with van der Waals surface area (Å²) in [6, 6.07) is 3.71. The number of hydrogen-bond acceptors (Lipinski definition) is 4. The van der Waals surface area contributed by atoms with E-state index in [4.69, 9.17) is 5.11 Å². The summed E-state index contributed by atoms with van der Waals surface area (Å²) in [5, 5.41) is 18.8. The second-order valence-electron chi connectivity index (χ2n) is 4.74. The van der Waals surface area contributed by atoms with Crippen LogP contribution in [0, 0.1) is 6.92 Å². The lowest BCUT2D eigenvalue weighted by Gasteiger charge is -2.26. The third-order valence-corrected chi connectivity index (χ3v) is 2.37. The Hall–Kier alpha value is -1.13. The summed E-state index contributed by atoms with van der Waals surface area (Å²) in [6.07, 6.45) is 0. The van der Waals surface area contributed by atoms with Gasteiger partial charge in [-0.15, -0.1) is 0 Å². The van der Waals surface area contributed by atoms with Crippen LogP contribution in [0.4, 0.5) is 5.82 Å². The van der Waals surface area contributed by atoms with Gasteiger partial charge in [-0.1, -0.05) is 6.07 Å². The molecular weight excluding hydrogens is 204 g/mol. The fraction of sp³-hybridized carbons (Fsp3) is 0.583. The fourth-order valence-corrected chi connectivity index (χ4v) is 1.62. The van der Waals surface area contributed by atoms with Crippen LogP contribution in [0.5, 0.6) is 0 Å². The molecule has 4 nitrogen and oxygen atoms in total. The molecule has 0 aliphatic rings. The minimum atomic E-state index is -0.750. The zero-order valence-electron chi connectivity index (χ0n) is 10.4. The second-order valence-corrected chi connectivity index (χ2v) is 4.74. The molecule has 0 amide bonds. The number of rotatable bonds is 4. The summed E-state index contributed by atoms with van der Waals surface area (Å²) < 4.78 is 0. The van der Waals surface area contributed by atoms with Gasteiger partial charge in [-0.2, -0.15) is 0 Å². The molecule has 0 aliphatic heterocycles. The molecule has 0 radical (unpaired) electrons. The van der Waals surface area contributed by atoms with Crippen molar-refractivity contribution in [2.45, 2.75) is 33.0 Å². The molecule has 0 aromatic carbocycles. The molecule has 1 heterocycles. The average Bonchev–Trinajstić information content (AvgIpc) is 2.15. The molecule has 0 saturated heterocycles. The highest BCUT2D eigenvalue weighted by Crippen LogP contribution is 2.15. The second kappa shape index (κ2) is 4.80. The maximum absolute atomic E-state index is 9.71. The van der Waals surface area contributed by atoms with Gasteiger partial charge < -0.3 is 15.1 Å². The van der Waals surface area contributed by atoms with Crippen molar-refractivity contribution < 1.29 is 10.2 Å². The summed E-state index contributed by atoms with van der Waals surface area (Å²) in [5.74, 6) is 0.803. The fourth-order valence-electron chi connectivity index (χ4n) is 1.62. The normalized spacial score (nSPS) is 11.6. The molecule has 16 heavy (non-hydrogen) atoms. The van der Waals surface area contributed by atoms with Crippen LogP contribution >= 0.6 is 0 Å². The lowest BCUT2D eigenvalue weighted by atomic mass is 10.1. The van der Waals surface area contributed by atoms with Crippen LogP contribution in [-0.2, 0) is 6.61 Å². The molecule has 1 aromatic rings. The van der Waals surface area contributed by atoms with E-state index in [1.807, 2.05) is 31.0 Å². The molecule has 1 aromatic heterocycles. The van der Waals surface area contributed by atoms with E-state index in [2.05, 4.69) is 4.98 Å². The van der Waals surface area contributed by atoms with Crippen molar-refractivity contribution in [1.29, 1.82) is 0 Å². The van der Waals surface area contributed by atoms with Crippen LogP contribution in [0.25, 0.3) is 0 Å². The number of aromatic nitrogens is 1. The standard InChI is InChI=1S/C12H20N2O2/c1-9-10(7-15)5-6-11(13-9)14(4)8-12(2,3)16/h5-6,15-16H,7-8H2,1-4H3. The molecule has 4 heteroatoms. The minimum Gasteiger partial charge on any atom is -0.392 e. The monoisotopic (exact) mass is 224 g/mol. The minimum absolute atomic E-state index is 0.00825. The van der Waals surface area contributed by atoms with Gasteiger partial charge in [0.1, 0.15) is 5.82 Å². The Morgan fingerprint density at radius 3 is 2.44 bits per heavy atom. The highest BCUT2D eigenvalue weighted by molar-refractivity contribution is 5.41. The van der Waals surface area contributed by atoms with Crippen LogP contribution in [0.3, 0.4) is 0 Å². The summed E-state index contributed by atoms with van der Waals surface area (Å²) in [5.41, 5.74) is 0.906. The van der Waals surface area contributed by atoms with Gasteiger partial charge in [0.2, 0.25) is 0 Å². The number of aryl methyl sites for hydroxylation is 1. The van der Waals surface area contributed by atoms with Crippen LogP contribution in [-0.4, -0.2) is 34.4 Å². The number of nitrogens with zero attached hydrogens (tertiary/aromatic N) is 2. The third kappa shape index (κ3) is 3.47. The molecule has 0 spiro atoms. The van der Waals surface area contributed by atoms with E-state index in [0.717, 1.165) is 17.1 Å². The van der Waals surface area contributed by atoms with Gasteiger partial charge in [0, 0.05) is 19.3 Å². The average molecular weight is 224 g/mol. The number of likely N-dealkylation sites (N-methyl/N-ethyl adjacent to an activating group) is 1. The van der Waals surface area contributed by atoms with E-state index < -0.39 is 5.60 Å². The Morgan fingerprint density at radius 1 is 1.38 bits per heavy atom. The van der Waals surface area contributed by atoms with E-state index >= 15 is 0 Å². The van der Waals surface area contributed by atoms with E-state index in [9.17, 15) is 5.11 Å². The maximum Gasteiger partial charge on any atom is 0.128 e. The zero-order chi connectivity index (χ0) is 12.3. The molecule has 2 N–H and O–H groups in total. The predicted molar refractivity (Wildman–Crippen MR) is 64.5 cm³/mol. The molecule has 0 fully saturated rings. The molecule has 90 valence electrons. The Labute approximate surface area is 96.6 Å². The molecule has 0 bridgehead atoms. The van der Waals surface area contributed by atoms with E-state index in [1.165, 1.54) is 0 Å². The largest absolute Gasteiger partial charge is 0.392 e. The van der Waals surface area contributed by atoms with Crippen molar-refractivity contribution in [3.8, 4) is 0 Å². The lowest BCUT2D eigenvalue weighted by Crippen LogP contribution is -2.36. The quantitative estimate of drug-likeness (QED) is 0.804. The van der Waals surface area contributed by atoms with Gasteiger partial charge in [0.25, 0.3) is 0 Å². The Morgan fingerprint density at radius 2 is 2.00 bits per heavy atom. The molecule has 0 unspecified atom stereocenters. The topological polar surface area (TPSA) is 56.6 Å². The van der Waals surface area contributed by atoms with E-state index in [-0.39, 0.29) is 6.61 Å². The van der Waals surface area contributed by atoms with Crippen molar-refractivity contribution in [3.63, 3.8) is 0 Å². The number of pyridine rings is 1. The van der Waals surface area contributed by atoms with Crippen molar-refractivity contribution in [3.05, 3.63) is 23.4 Å². The number of hydrogen-bond donors (Lipinski definition) is 2. The summed E-state index contributed by atoms with van der Waals surface area (Å²) >= 11 is 0. The zero-order valence-corrected chi connectivity index (χ0v) is 10.4. The molecular formula is C12H20N2O2. The molecule has 1 rings (SSSR count).